The number of aryl methyl sites for hydroxylation is 1. The Morgan fingerprint density at radius 2 is 1.86 bits per heavy atom. The third kappa shape index (κ3) is 4.16. The van der Waals surface area contributed by atoms with Gasteiger partial charge in [-0.05, 0) is 49.9 Å². The minimum absolute atomic E-state index is 0.00821. The van der Waals surface area contributed by atoms with Gasteiger partial charge in [0.15, 0.2) is 5.69 Å². The number of halogens is 1. The highest BCUT2D eigenvalue weighted by Gasteiger charge is 2.32. The molecule has 0 unspecified atom stereocenters. The van der Waals surface area contributed by atoms with Crippen LogP contribution in [-0.2, 0) is 21.8 Å². The third-order valence-electron chi connectivity index (χ3n) is 5.03. The molecule has 0 bridgehead atoms. The summed E-state index contributed by atoms with van der Waals surface area (Å²) in [6.45, 7) is 0. The van der Waals surface area contributed by atoms with E-state index in [-0.39, 0.29) is 28.3 Å². The molecule has 1 heterocycles. The number of carbonyl (C=O) groups is 1. The fourth-order valence-corrected chi connectivity index (χ4v) is 4.76. The van der Waals surface area contributed by atoms with Gasteiger partial charge in [0.1, 0.15) is 5.69 Å². The number of methoxy groups -OCH3 is 1. The maximum Gasteiger partial charge on any atom is 0.356 e. The van der Waals surface area contributed by atoms with Crippen molar-refractivity contribution in [2.75, 3.05) is 11.8 Å². The molecule has 0 radical (unpaired) electrons. The van der Waals surface area contributed by atoms with E-state index in [1.807, 2.05) is 0 Å². The number of sulfonamides is 1. The van der Waals surface area contributed by atoms with Crippen LogP contribution in [0.4, 0.5) is 5.69 Å². The Bertz CT molecular complexity index is 964. The molecule has 10 heteroatoms. The van der Waals surface area contributed by atoms with Gasteiger partial charge in [-0.1, -0.05) is 11.6 Å². The van der Waals surface area contributed by atoms with Crippen LogP contribution in [0.15, 0.2) is 29.2 Å². The lowest BCUT2D eigenvalue weighted by Gasteiger charge is -2.27. The van der Waals surface area contributed by atoms with Gasteiger partial charge in [-0.25, -0.2) is 13.2 Å². The number of anilines is 1. The Morgan fingerprint density at radius 3 is 2.39 bits per heavy atom. The van der Waals surface area contributed by atoms with Crippen LogP contribution in [0.1, 0.15) is 47.8 Å². The Hall–Kier alpha value is -2.10. The highest BCUT2D eigenvalue weighted by Crippen LogP contribution is 2.38. The number of nitrogens with zero attached hydrogens (tertiary/aromatic N) is 2. The van der Waals surface area contributed by atoms with Crippen molar-refractivity contribution >= 4 is 33.3 Å². The van der Waals surface area contributed by atoms with Crippen LogP contribution in [0.25, 0.3) is 0 Å². The van der Waals surface area contributed by atoms with Crippen molar-refractivity contribution in [3.63, 3.8) is 0 Å². The molecule has 152 valence electrons. The summed E-state index contributed by atoms with van der Waals surface area (Å²) < 4.78 is 34.7. The van der Waals surface area contributed by atoms with Gasteiger partial charge in [0, 0.05) is 25.1 Å². The van der Waals surface area contributed by atoms with E-state index < -0.39 is 16.0 Å². The van der Waals surface area contributed by atoms with Crippen LogP contribution in [0.3, 0.4) is 0 Å². The zero-order valence-electron chi connectivity index (χ0n) is 15.6. The first-order valence-corrected chi connectivity index (χ1v) is 10.7. The Morgan fingerprint density at radius 1 is 1.25 bits per heavy atom. The summed E-state index contributed by atoms with van der Waals surface area (Å²) in [5.41, 5.74) is 0.277. The van der Waals surface area contributed by atoms with Crippen LogP contribution in [0.5, 0.6) is 0 Å². The van der Waals surface area contributed by atoms with Crippen molar-refractivity contribution in [2.24, 2.45) is 7.05 Å². The SMILES string of the molecule is COC1CCC(c2nn(C)c(C(=O)O)c2NS(=O)(=O)c2ccc(Cl)cc2)CC1. The lowest BCUT2D eigenvalue weighted by atomic mass is 9.84. The van der Waals surface area contributed by atoms with Gasteiger partial charge in [0.2, 0.25) is 0 Å². The third-order valence-corrected chi connectivity index (χ3v) is 6.65. The molecule has 3 rings (SSSR count). The monoisotopic (exact) mass is 427 g/mol. The molecule has 0 amide bonds. The molecule has 1 saturated carbocycles. The predicted octanol–water partition coefficient (Wildman–Crippen LogP) is 3.25. The maximum atomic E-state index is 12.8. The molecule has 8 nitrogen and oxygen atoms in total. The summed E-state index contributed by atoms with van der Waals surface area (Å²) in [4.78, 5) is 11.8. The molecule has 0 saturated heterocycles. The second-order valence-corrected chi connectivity index (χ2v) is 8.93. The number of rotatable bonds is 6. The van der Waals surface area contributed by atoms with Crippen molar-refractivity contribution in [1.82, 2.24) is 9.78 Å². The van der Waals surface area contributed by atoms with E-state index in [9.17, 15) is 18.3 Å². The number of benzene rings is 1. The van der Waals surface area contributed by atoms with Crippen molar-refractivity contribution in [2.45, 2.75) is 42.6 Å². The number of nitrogens with one attached hydrogen (secondary N) is 1. The number of carboxylic acid groups (broad SMARTS) is 1. The molecular weight excluding hydrogens is 406 g/mol. The van der Waals surface area contributed by atoms with Gasteiger partial charge >= 0.3 is 5.97 Å². The van der Waals surface area contributed by atoms with E-state index in [0.29, 0.717) is 10.7 Å². The highest BCUT2D eigenvalue weighted by atomic mass is 35.5. The molecule has 0 atom stereocenters. The number of hydrogen-bond acceptors (Lipinski definition) is 5. The van der Waals surface area contributed by atoms with Crippen LogP contribution >= 0.6 is 11.6 Å². The van der Waals surface area contributed by atoms with Gasteiger partial charge in [-0.2, -0.15) is 5.10 Å². The molecule has 2 aromatic rings. The number of ether oxygens (including phenoxy) is 1. The molecule has 2 N–H and O–H groups in total. The molecule has 1 aromatic heterocycles. The van der Waals surface area contributed by atoms with Gasteiger partial charge < -0.3 is 9.84 Å². The standard InChI is InChI=1S/C18H22ClN3O5S/c1-22-17(18(23)24)16(15(20-22)11-3-7-13(27-2)8-4-11)21-28(25,26)14-9-5-12(19)6-10-14/h5-6,9-11,13,21H,3-4,7-8H2,1-2H3,(H,23,24). The van der Waals surface area contributed by atoms with E-state index in [1.165, 1.54) is 36.0 Å². The van der Waals surface area contributed by atoms with Crippen molar-refractivity contribution in [3.8, 4) is 0 Å². The van der Waals surface area contributed by atoms with Crippen molar-refractivity contribution < 1.29 is 23.1 Å². The maximum absolute atomic E-state index is 12.8. The first-order valence-electron chi connectivity index (χ1n) is 8.84. The summed E-state index contributed by atoms with van der Waals surface area (Å²) >= 11 is 5.83. The Kier molecular flexibility index (Phi) is 5.97. The second kappa shape index (κ2) is 8.10. The first kappa shape index (κ1) is 20.6. The molecule has 1 aromatic carbocycles. The summed E-state index contributed by atoms with van der Waals surface area (Å²) in [6.07, 6.45) is 3.26. The minimum atomic E-state index is -4.00. The van der Waals surface area contributed by atoms with Crippen LogP contribution in [0.2, 0.25) is 5.02 Å². The molecule has 1 fully saturated rings. The van der Waals surface area contributed by atoms with Gasteiger partial charge in [0.05, 0.1) is 16.7 Å². The Labute approximate surface area is 168 Å². The molecule has 1 aliphatic carbocycles. The molecule has 0 spiro atoms. The predicted molar refractivity (Wildman–Crippen MR) is 104 cm³/mol. The highest BCUT2D eigenvalue weighted by molar-refractivity contribution is 7.92. The van der Waals surface area contributed by atoms with Crippen molar-refractivity contribution in [1.29, 1.82) is 0 Å². The van der Waals surface area contributed by atoms with Crippen LogP contribution in [-0.4, -0.2) is 42.5 Å². The van der Waals surface area contributed by atoms with Crippen LogP contribution in [0, 0.1) is 0 Å². The molecular formula is C18H22ClN3O5S. The fraction of sp³-hybridized carbons (Fsp3) is 0.444. The molecule has 0 aliphatic heterocycles. The largest absolute Gasteiger partial charge is 0.476 e. The van der Waals surface area contributed by atoms with Crippen LogP contribution < -0.4 is 4.72 Å². The normalized spacial score (nSPS) is 20.1. The minimum Gasteiger partial charge on any atom is -0.476 e. The Balaban J connectivity index is 1.99. The quantitative estimate of drug-likeness (QED) is 0.732. The first-order chi connectivity index (χ1) is 13.2. The number of aromatic nitrogens is 2. The zero-order chi connectivity index (χ0) is 20.5. The number of hydrogen-bond donors (Lipinski definition) is 2. The van der Waals surface area contributed by atoms with Crippen molar-refractivity contribution in [3.05, 3.63) is 40.7 Å². The van der Waals surface area contributed by atoms with E-state index in [0.717, 1.165) is 25.7 Å². The van der Waals surface area contributed by atoms with E-state index in [4.69, 9.17) is 16.3 Å². The number of aromatic carboxylic acids is 1. The topological polar surface area (TPSA) is 111 Å². The molecule has 1 aliphatic rings. The fourth-order valence-electron chi connectivity index (χ4n) is 3.56. The lowest BCUT2D eigenvalue weighted by molar-refractivity contribution is 0.0655. The van der Waals surface area contributed by atoms with E-state index in [1.54, 1.807) is 7.11 Å². The summed E-state index contributed by atoms with van der Waals surface area (Å²) in [7, 11) is -0.839. The summed E-state index contributed by atoms with van der Waals surface area (Å²) in [6, 6.07) is 5.66. The average molecular weight is 428 g/mol. The molecule has 28 heavy (non-hydrogen) atoms. The van der Waals surface area contributed by atoms with Gasteiger partial charge in [-0.3, -0.25) is 9.40 Å². The number of carboxylic acids is 1. The smallest absolute Gasteiger partial charge is 0.356 e. The van der Waals surface area contributed by atoms with Gasteiger partial charge in [-0.15, -0.1) is 0 Å². The average Bonchev–Trinajstić information content (AvgIpc) is 2.97. The lowest BCUT2D eigenvalue weighted by Crippen LogP contribution is -2.21. The van der Waals surface area contributed by atoms with E-state index in [2.05, 4.69) is 9.82 Å². The van der Waals surface area contributed by atoms with Gasteiger partial charge in [0.25, 0.3) is 10.0 Å². The summed E-state index contributed by atoms with van der Waals surface area (Å²) in [5, 5.41) is 14.4. The second-order valence-electron chi connectivity index (χ2n) is 6.81. The van der Waals surface area contributed by atoms with E-state index >= 15 is 0 Å². The summed E-state index contributed by atoms with van der Waals surface area (Å²) in [5.74, 6) is -1.30. The zero-order valence-corrected chi connectivity index (χ0v) is 17.1.